The first-order chi connectivity index (χ1) is 9.06. The van der Waals surface area contributed by atoms with Gasteiger partial charge < -0.3 is 5.11 Å². The molecule has 2 N–H and O–H groups in total. The summed E-state index contributed by atoms with van der Waals surface area (Å²) in [6.45, 7) is 0. The maximum absolute atomic E-state index is 11.9. The van der Waals surface area contributed by atoms with Crippen LogP contribution in [0.25, 0.3) is 16.9 Å². The van der Waals surface area contributed by atoms with Crippen molar-refractivity contribution < 1.29 is 9.90 Å². The largest absolute Gasteiger partial charge is 0.477 e. The minimum absolute atomic E-state index is 0.355. The molecule has 3 aromatic heterocycles. The molecule has 0 fully saturated rings. The van der Waals surface area contributed by atoms with Crippen molar-refractivity contribution in [2.24, 2.45) is 7.05 Å². The Balaban J connectivity index is 2.24. The van der Waals surface area contributed by atoms with Crippen molar-refractivity contribution in [1.29, 1.82) is 0 Å². The molecule has 96 valence electrons. The molecule has 0 spiro atoms. The average molecular weight is 259 g/mol. The second-order valence-electron chi connectivity index (χ2n) is 4.05. The number of carbonyl (C=O) groups is 1. The maximum Gasteiger partial charge on any atom is 0.343 e. The van der Waals surface area contributed by atoms with Gasteiger partial charge in [0, 0.05) is 31.1 Å². The van der Waals surface area contributed by atoms with E-state index in [4.69, 9.17) is 5.11 Å². The van der Waals surface area contributed by atoms with Crippen molar-refractivity contribution in [1.82, 2.24) is 24.4 Å². The quantitative estimate of drug-likeness (QED) is 0.680. The van der Waals surface area contributed by atoms with E-state index in [-0.39, 0.29) is 5.56 Å². The van der Waals surface area contributed by atoms with Crippen LogP contribution in [0, 0.1) is 0 Å². The molecule has 0 aromatic carbocycles. The van der Waals surface area contributed by atoms with Crippen molar-refractivity contribution in [2.45, 2.75) is 0 Å². The monoisotopic (exact) mass is 259 g/mol. The number of nitrogens with zero attached hydrogens (tertiary/aromatic N) is 4. The van der Waals surface area contributed by atoms with Crippen molar-refractivity contribution in [3.8, 4) is 11.3 Å². The molecule has 0 saturated heterocycles. The smallest absolute Gasteiger partial charge is 0.343 e. The molecule has 0 amide bonds. The molecule has 0 radical (unpaired) electrons. The molecule has 8 heteroatoms. The fourth-order valence-electron chi connectivity index (χ4n) is 1.81. The second kappa shape index (κ2) is 3.80. The minimum Gasteiger partial charge on any atom is -0.477 e. The lowest BCUT2D eigenvalue weighted by molar-refractivity contribution is 0.0694. The van der Waals surface area contributed by atoms with Crippen LogP contribution in [0.15, 0.2) is 29.5 Å². The van der Waals surface area contributed by atoms with E-state index >= 15 is 0 Å². The number of aromatic carboxylic acids is 1. The Bertz CT molecular complexity index is 842. The average Bonchev–Trinajstić information content (AvgIpc) is 2.95. The van der Waals surface area contributed by atoms with E-state index in [1.165, 1.54) is 0 Å². The summed E-state index contributed by atoms with van der Waals surface area (Å²) in [5.41, 5.74) is 0.753. The number of carboxylic acid groups (broad SMARTS) is 1. The number of hydrogen-bond donors (Lipinski definition) is 2. The number of rotatable bonds is 2. The van der Waals surface area contributed by atoms with Crippen LogP contribution in [-0.2, 0) is 7.05 Å². The topological polar surface area (TPSA) is 105 Å². The Morgan fingerprint density at radius 1 is 1.42 bits per heavy atom. The molecular weight excluding hydrogens is 250 g/mol. The van der Waals surface area contributed by atoms with Gasteiger partial charge in [0.05, 0.1) is 11.9 Å². The Labute approximate surface area is 105 Å². The molecule has 0 aliphatic heterocycles. The van der Waals surface area contributed by atoms with Crippen LogP contribution in [0.5, 0.6) is 0 Å². The second-order valence-corrected chi connectivity index (χ2v) is 4.05. The van der Waals surface area contributed by atoms with E-state index in [1.807, 2.05) is 0 Å². The highest BCUT2D eigenvalue weighted by atomic mass is 16.4. The Morgan fingerprint density at radius 3 is 2.84 bits per heavy atom. The zero-order valence-electron chi connectivity index (χ0n) is 9.86. The van der Waals surface area contributed by atoms with E-state index in [9.17, 15) is 9.59 Å². The first-order valence-electron chi connectivity index (χ1n) is 5.39. The molecule has 0 bridgehead atoms. The van der Waals surface area contributed by atoms with Crippen molar-refractivity contribution in [3.05, 3.63) is 40.6 Å². The fraction of sp³-hybridized carbons (Fsp3) is 0.0909. The highest BCUT2D eigenvalue weighted by Gasteiger charge is 2.14. The summed E-state index contributed by atoms with van der Waals surface area (Å²) in [6.07, 6.45) is 4.46. The number of H-pyrrole nitrogens is 1. The number of aryl methyl sites for hydroxylation is 1. The summed E-state index contributed by atoms with van der Waals surface area (Å²) in [7, 11) is 1.78. The van der Waals surface area contributed by atoms with E-state index in [2.05, 4.69) is 15.2 Å². The van der Waals surface area contributed by atoms with Gasteiger partial charge in [0.2, 0.25) is 0 Å². The van der Waals surface area contributed by atoms with E-state index in [1.54, 1.807) is 30.2 Å². The zero-order valence-corrected chi connectivity index (χ0v) is 9.86. The Kier molecular flexibility index (Phi) is 2.24. The number of carboxylic acids is 1. The first-order valence-corrected chi connectivity index (χ1v) is 5.39. The van der Waals surface area contributed by atoms with Crippen LogP contribution in [0.3, 0.4) is 0 Å². The molecule has 0 saturated carbocycles. The third-order valence-electron chi connectivity index (χ3n) is 2.74. The number of nitrogens with one attached hydrogen (secondary N) is 1. The summed E-state index contributed by atoms with van der Waals surface area (Å²) < 4.78 is 2.73. The van der Waals surface area contributed by atoms with Crippen LogP contribution in [0.2, 0.25) is 0 Å². The predicted molar refractivity (Wildman–Crippen MR) is 65.0 cm³/mol. The van der Waals surface area contributed by atoms with Gasteiger partial charge in [-0.2, -0.15) is 5.10 Å². The summed E-state index contributed by atoms with van der Waals surface area (Å²) in [5.74, 6) is -1.30. The van der Waals surface area contributed by atoms with Crippen LogP contribution < -0.4 is 5.56 Å². The fourth-order valence-corrected chi connectivity index (χ4v) is 1.81. The molecule has 0 aliphatic rings. The maximum atomic E-state index is 11.9. The molecule has 3 heterocycles. The van der Waals surface area contributed by atoms with Gasteiger partial charge >= 0.3 is 5.97 Å². The third kappa shape index (κ3) is 1.69. The number of aromatic amines is 1. The van der Waals surface area contributed by atoms with E-state index < -0.39 is 11.5 Å². The molecule has 0 aliphatic carbocycles. The molecule has 3 aromatic rings. The molecule has 0 atom stereocenters. The molecule has 19 heavy (non-hydrogen) atoms. The standard InChI is InChI=1S/C11H9N5O3/c1-15-5-6(3-13-15)8-2-9-12-4-7(11(18)19)10(17)16(9)14-8/h2-5,14H,1H3,(H,18,19). The highest BCUT2D eigenvalue weighted by Crippen LogP contribution is 2.16. The van der Waals surface area contributed by atoms with Gasteiger partial charge in [-0.3, -0.25) is 14.6 Å². The molecule has 3 rings (SSSR count). The first kappa shape index (κ1) is 11.2. The predicted octanol–water partition coefficient (Wildman–Crippen LogP) is 0.121. The SMILES string of the molecule is Cn1cc(-c2cc3ncc(C(=O)O)c(=O)n3[nH]2)cn1. The van der Waals surface area contributed by atoms with E-state index in [0.29, 0.717) is 11.3 Å². The van der Waals surface area contributed by atoms with Gasteiger partial charge in [0.15, 0.2) is 5.65 Å². The van der Waals surface area contributed by atoms with Gasteiger partial charge in [-0.15, -0.1) is 0 Å². The van der Waals surface area contributed by atoms with Crippen molar-refractivity contribution in [3.63, 3.8) is 0 Å². The third-order valence-corrected chi connectivity index (χ3v) is 2.74. The minimum atomic E-state index is -1.30. The molecular formula is C11H9N5O3. The number of hydrogen-bond acceptors (Lipinski definition) is 4. The van der Waals surface area contributed by atoms with Gasteiger partial charge in [0.25, 0.3) is 5.56 Å². The van der Waals surface area contributed by atoms with Gasteiger partial charge in [-0.25, -0.2) is 14.3 Å². The Morgan fingerprint density at radius 2 is 2.21 bits per heavy atom. The lowest BCUT2D eigenvalue weighted by Crippen LogP contribution is -2.22. The van der Waals surface area contributed by atoms with Crippen LogP contribution in [-0.4, -0.2) is 35.5 Å². The van der Waals surface area contributed by atoms with E-state index in [0.717, 1.165) is 16.3 Å². The summed E-state index contributed by atoms with van der Waals surface area (Å²) in [5, 5.41) is 15.7. The van der Waals surface area contributed by atoms with Crippen LogP contribution in [0.1, 0.15) is 10.4 Å². The van der Waals surface area contributed by atoms with Gasteiger partial charge in [-0.1, -0.05) is 0 Å². The van der Waals surface area contributed by atoms with Gasteiger partial charge in [-0.05, 0) is 0 Å². The molecule has 0 unspecified atom stereocenters. The van der Waals surface area contributed by atoms with Gasteiger partial charge in [0.1, 0.15) is 5.56 Å². The summed E-state index contributed by atoms with van der Waals surface area (Å²) >= 11 is 0. The molecule has 8 nitrogen and oxygen atoms in total. The zero-order chi connectivity index (χ0) is 13.6. The number of fused-ring (bicyclic) bond motifs is 1. The lowest BCUT2D eigenvalue weighted by atomic mass is 10.2. The normalized spacial score (nSPS) is 11.0. The van der Waals surface area contributed by atoms with Crippen molar-refractivity contribution in [2.75, 3.05) is 0 Å². The van der Waals surface area contributed by atoms with Crippen LogP contribution in [0.4, 0.5) is 0 Å². The highest BCUT2D eigenvalue weighted by molar-refractivity contribution is 5.87. The summed E-state index contributed by atoms with van der Waals surface area (Å²) in [4.78, 5) is 26.7. The van der Waals surface area contributed by atoms with Crippen LogP contribution >= 0.6 is 0 Å². The lowest BCUT2D eigenvalue weighted by Gasteiger charge is -1.94. The van der Waals surface area contributed by atoms with Crippen molar-refractivity contribution >= 4 is 11.6 Å². The summed E-state index contributed by atoms with van der Waals surface area (Å²) in [6, 6.07) is 1.66. The Hall–Kier alpha value is -2.90. The number of aromatic nitrogens is 5.